The number of phosphoric ester groups is 1. The Morgan fingerprint density at radius 3 is 1.41 bits per heavy atom. The zero-order valence-corrected chi connectivity index (χ0v) is 12.1. The van der Waals surface area contributed by atoms with Crippen molar-refractivity contribution in [2.75, 3.05) is 13.3 Å². The topological polar surface area (TPSA) is 104 Å². The van der Waals surface area contributed by atoms with Gasteiger partial charge in [0, 0.05) is 12.3 Å². The van der Waals surface area contributed by atoms with E-state index in [2.05, 4.69) is 4.52 Å². The molecule has 0 bridgehead atoms. The predicted octanol–water partition coefficient (Wildman–Crippen LogP) is 2.68. The van der Waals surface area contributed by atoms with Gasteiger partial charge in [-0.1, -0.05) is 35.1 Å². The van der Waals surface area contributed by atoms with Crippen LogP contribution in [0.5, 0.6) is 0 Å². The van der Waals surface area contributed by atoms with Crippen LogP contribution in [0.15, 0.2) is 0 Å². The Bertz CT molecular complexity index is 265. The van der Waals surface area contributed by atoms with Crippen LogP contribution in [-0.4, -0.2) is 33.6 Å². The van der Waals surface area contributed by atoms with Gasteiger partial charge in [0.1, 0.15) is 0 Å². The first-order chi connectivity index (χ1) is 6.86. The molecule has 0 aliphatic rings. The number of hydrogen-bond acceptors (Lipinski definition) is 3. The number of hydrogen-bond donors (Lipinski definition) is 3. The van der Waals surface area contributed by atoms with Crippen molar-refractivity contribution < 1.29 is 28.3 Å². The van der Waals surface area contributed by atoms with Gasteiger partial charge >= 0.3 is 7.82 Å². The van der Waals surface area contributed by atoms with Crippen LogP contribution in [-0.2, 0) is 13.7 Å². The van der Waals surface area contributed by atoms with Crippen molar-refractivity contribution in [3.8, 4) is 0 Å². The van der Waals surface area contributed by atoms with Crippen LogP contribution in [0.25, 0.3) is 0 Å². The normalized spacial score (nSPS) is 14.7. The minimum atomic E-state index is -4.22. The van der Waals surface area contributed by atoms with E-state index in [1.54, 1.807) is 13.8 Å². The average molecular weight is 292 g/mol. The fourth-order valence-electron chi connectivity index (χ4n) is 0.246. The van der Waals surface area contributed by atoms with E-state index in [1.807, 2.05) is 13.8 Å². The van der Waals surface area contributed by atoms with E-state index in [9.17, 15) is 9.13 Å². The molecule has 108 valence electrons. The molecule has 0 aliphatic heterocycles. The van der Waals surface area contributed by atoms with Gasteiger partial charge in [-0.25, -0.2) is 4.57 Å². The molecule has 0 aromatic carbocycles. The lowest BCUT2D eigenvalue weighted by Crippen LogP contribution is -1.99. The summed E-state index contributed by atoms with van der Waals surface area (Å²) in [6.07, 6.45) is 0. The first-order valence-corrected chi connectivity index (χ1v) is 8.57. The largest absolute Gasteiger partial charge is 0.469 e. The molecule has 6 nitrogen and oxygen atoms in total. The maximum absolute atomic E-state index is 10.5. The summed E-state index contributed by atoms with van der Waals surface area (Å²) in [6, 6.07) is 0. The van der Waals surface area contributed by atoms with E-state index in [0.717, 1.165) is 0 Å². The summed E-state index contributed by atoms with van der Waals surface area (Å²) in [5, 5.41) is 0. The molecule has 0 radical (unpaired) electrons. The third-order valence-electron chi connectivity index (χ3n) is 1.53. The summed E-state index contributed by atoms with van der Waals surface area (Å²) in [5.41, 5.74) is -0.0903. The standard InChI is InChI=1S/C4H11O4P.C4H11O2P.CH4/c1-4(2)3-8-9(5,6)7;1-4(2)7(3,5)6;/h4H,3H2,1-2H3,(H2,5,6,7);4H,1-3H3,(H,5,6);1H4. The Balaban J connectivity index is -0.000000224. The summed E-state index contributed by atoms with van der Waals surface area (Å²) in [5.74, 6) is 0.151. The van der Waals surface area contributed by atoms with Gasteiger partial charge in [-0.15, -0.1) is 0 Å². The summed E-state index contributed by atoms with van der Waals surface area (Å²) in [6.45, 7) is 8.58. The van der Waals surface area contributed by atoms with Crippen molar-refractivity contribution in [2.45, 2.75) is 40.8 Å². The minimum absolute atomic E-state index is 0. The molecule has 0 heterocycles. The fourth-order valence-corrected chi connectivity index (χ4v) is 0.739. The Labute approximate surface area is 104 Å². The van der Waals surface area contributed by atoms with E-state index in [1.165, 1.54) is 6.66 Å². The van der Waals surface area contributed by atoms with E-state index in [0.29, 0.717) is 0 Å². The molecule has 1 atom stereocenters. The smallest absolute Gasteiger partial charge is 0.344 e. The molecule has 17 heavy (non-hydrogen) atoms. The molecule has 8 heteroatoms. The van der Waals surface area contributed by atoms with Crippen molar-refractivity contribution in [2.24, 2.45) is 5.92 Å². The molecule has 0 aliphatic carbocycles. The summed E-state index contributed by atoms with van der Waals surface area (Å²) < 4.78 is 24.6. The molecule has 0 rings (SSSR count). The highest BCUT2D eigenvalue weighted by atomic mass is 31.2. The fraction of sp³-hybridized carbons (Fsp3) is 1.00. The molecular formula is C9H26O6P2. The first-order valence-electron chi connectivity index (χ1n) is 4.86. The zero-order valence-electron chi connectivity index (χ0n) is 10.3. The van der Waals surface area contributed by atoms with Crippen LogP contribution in [0.2, 0.25) is 0 Å². The lowest BCUT2D eigenvalue weighted by atomic mass is 10.2. The van der Waals surface area contributed by atoms with Crippen molar-refractivity contribution >= 4 is 15.2 Å². The molecule has 0 aromatic heterocycles. The molecule has 0 aromatic rings. The third kappa shape index (κ3) is 22.0. The Kier molecular flexibility index (Phi) is 12.2. The van der Waals surface area contributed by atoms with Crippen LogP contribution in [0.1, 0.15) is 35.1 Å². The number of rotatable bonds is 4. The highest BCUT2D eigenvalue weighted by Gasteiger charge is 2.14. The maximum Gasteiger partial charge on any atom is 0.469 e. The molecule has 0 saturated carbocycles. The second-order valence-corrected chi connectivity index (χ2v) is 8.38. The highest BCUT2D eigenvalue weighted by molar-refractivity contribution is 7.57. The van der Waals surface area contributed by atoms with Gasteiger partial charge in [0.05, 0.1) is 6.61 Å². The molecule has 3 N–H and O–H groups in total. The van der Waals surface area contributed by atoms with Crippen LogP contribution < -0.4 is 0 Å². The Morgan fingerprint density at radius 2 is 1.35 bits per heavy atom. The van der Waals surface area contributed by atoms with Gasteiger partial charge in [-0.05, 0) is 5.92 Å². The molecular weight excluding hydrogens is 266 g/mol. The van der Waals surface area contributed by atoms with Gasteiger partial charge in [0.2, 0.25) is 0 Å². The summed E-state index contributed by atoms with van der Waals surface area (Å²) >= 11 is 0. The van der Waals surface area contributed by atoms with Crippen molar-refractivity contribution in [3.63, 3.8) is 0 Å². The molecule has 1 unspecified atom stereocenters. The third-order valence-corrected chi connectivity index (χ3v) is 3.94. The number of phosphoric acid groups is 1. The monoisotopic (exact) mass is 292 g/mol. The lowest BCUT2D eigenvalue weighted by molar-refractivity contribution is 0.177. The molecule has 0 amide bonds. The molecule has 0 saturated heterocycles. The Hall–Kier alpha value is 0.300. The molecule has 0 spiro atoms. The zero-order chi connectivity index (χ0) is 13.6. The van der Waals surface area contributed by atoms with Gasteiger partial charge in [0.15, 0.2) is 7.37 Å². The Morgan fingerprint density at radius 1 is 1.06 bits per heavy atom. The summed E-state index contributed by atoms with van der Waals surface area (Å²) in [7, 11) is -6.96. The van der Waals surface area contributed by atoms with Crippen molar-refractivity contribution in [1.29, 1.82) is 0 Å². The second kappa shape index (κ2) is 9.26. The maximum atomic E-state index is 10.5. The van der Waals surface area contributed by atoms with Gasteiger partial charge in [-0.2, -0.15) is 0 Å². The van der Waals surface area contributed by atoms with Crippen LogP contribution in [0.4, 0.5) is 0 Å². The van der Waals surface area contributed by atoms with E-state index in [-0.39, 0.29) is 25.6 Å². The van der Waals surface area contributed by atoms with Crippen molar-refractivity contribution in [1.82, 2.24) is 0 Å². The molecule has 0 fully saturated rings. The SMILES string of the molecule is C.CC(C)COP(=O)(O)O.CC(C)P(C)(=O)O. The van der Waals surface area contributed by atoms with Crippen LogP contribution in [0, 0.1) is 5.92 Å². The van der Waals surface area contributed by atoms with Crippen LogP contribution in [0.3, 0.4) is 0 Å². The predicted molar refractivity (Wildman–Crippen MR) is 70.5 cm³/mol. The van der Waals surface area contributed by atoms with E-state index < -0.39 is 15.2 Å². The van der Waals surface area contributed by atoms with Crippen LogP contribution >= 0.6 is 15.2 Å². The quantitative estimate of drug-likeness (QED) is 0.688. The second-order valence-electron chi connectivity index (χ2n) is 4.22. The summed E-state index contributed by atoms with van der Waals surface area (Å²) in [4.78, 5) is 25.0. The van der Waals surface area contributed by atoms with Crippen molar-refractivity contribution in [3.05, 3.63) is 0 Å². The van der Waals surface area contributed by atoms with Gasteiger partial charge < -0.3 is 14.7 Å². The van der Waals surface area contributed by atoms with Gasteiger partial charge in [0.25, 0.3) is 0 Å². The minimum Gasteiger partial charge on any atom is -0.344 e. The van der Waals surface area contributed by atoms with E-state index in [4.69, 9.17) is 14.7 Å². The first kappa shape index (κ1) is 22.5. The van der Waals surface area contributed by atoms with Gasteiger partial charge in [-0.3, -0.25) is 9.09 Å². The van der Waals surface area contributed by atoms with E-state index >= 15 is 0 Å². The average Bonchev–Trinajstić information content (AvgIpc) is 1.99. The lowest BCUT2D eigenvalue weighted by Gasteiger charge is -2.06. The highest BCUT2D eigenvalue weighted by Crippen LogP contribution is 2.40.